The second kappa shape index (κ2) is 5.61. The van der Waals surface area contributed by atoms with Gasteiger partial charge < -0.3 is 9.84 Å². The Morgan fingerprint density at radius 3 is 2.60 bits per heavy atom. The molecule has 1 aromatic heterocycles. The van der Waals surface area contributed by atoms with Gasteiger partial charge in [-0.2, -0.15) is 0 Å². The third-order valence-electron chi connectivity index (χ3n) is 2.14. The van der Waals surface area contributed by atoms with Gasteiger partial charge in [0.1, 0.15) is 5.75 Å². The second-order valence-corrected chi connectivity index (χ2v) is 4.47. The van der Waals surface area contributed by atoms with Gasteiger partial charge >= 0.3 is 5.97 Å². The van der Waals surface area contributed by atoms with Crippen molar-refractivity contribution in [2.45, 2.75) is 0 Å². The van der Waals surface area contributed by atoms with E-state index in [1.807, 2.05) is 0 Å². The standard InChI is InChI=1S/C11H6BrN3O5/c12-6-1-7(15(18)19)3-8(2-6)20-10-5-13-9(4-14-10)11(16)17/h1-5H,(H,16,17). The van der Waals surface area contributed by atoms with Crippen molar-refractivity contribution >= 4 is 27.6 Å². The van der Waals surface area contributed by atoms with E-state index in [0.717, 1.165) is 12.4 Å². The Hall–Kier alpha value is -2.55. The van der Waals surface area contributed by atoms with Gasteiger partial charge in [-0.05, 0) is 6.07 Å². The summed E-state index contributed by atoms with van der Waals surface area (Å²) in [5, 5.41) is 19.4. The van der Waals surface area contributed by atoms with Crippen LogP contribution in [0.2, 0.25) is 0 Å². The van der Waals surface area contributed by atoms with Crippen molar-refractivity contribution in [2.24, 2.45) is 0 Å². The minimum absolute atomic E-state index is 0.0300. The van der Waals surface area contributed by atoms with Crippen LogP contribution in [0, 0.1) is 10.1 Å². The number of carboxylic acid groups (broad SMARTS) is 1. The minimum atomic E-state index is -1.21. The third-order valence-corrected chi connectivity index (χ3v) is 2.59. The van der Waals surface area contributed by atoms with Crippen LogP contribution in [0.3, 0.4) is 0 Å². The Labute approximate surface area is 120 Å². The highest BCUT2D eigenvalue weighted by molar-refractivity contribution is 9.10. The maximum Gasteiger partial charge on any atom is 0.356 e. The van der Waals surface area contributed by atoms with Gasteiger partial charge in [-0.25, -0.2) is 14.8 Å². The van der Waals surface area contributed by atoms with Gasteiger partial charge in [0.2, 0.25) is 5.88 Å². The number of non-ortho nitro benzene ring substituents is 1. The zero-order valence-electron chi connectivity index (χ0n) is 9.69. The van der Waals surface area contributed by atoms with E-state index in [2.05, 4.69) is 25.9 Å². The van der Waals surface area contributed by atoms with Gasteiger partial charge in [0.25, 0.3) is 5.69 Å². The van der Waals surface area contributed by atoms with Gasteiger partial charge in [-0.1, -0.05) is 15.9 Å². The number of nitro benzene ring substituents is 1. The number of benzene rings is 1. The van der Waals surface area contributed by atoms with Gasteiger partial charge in [-0.3, -0.25) is 10.1 Å². The number of rotatable bonds is 4. The van der Waals surface area contributed by atoms with Crippen molar-refractivity contribution in [1.82, 2.24) is 9.97 Å². The summed E-state index contributed by atoms with van der Waals surface area (Å²) < 4.78 is 5.75. The van der Waals surface area contributed by atoms with Gasteiger partial charge in [-0.15, -0.1) is 0 Å². The van der Waals surface area contributed by atoms with E-state index in [4.69, 9.17) is 9.84 Å². The lowest BCUT2D eigenvalue weighted by Crippen LogP contribution is -2.01. The summed E-state index contributed by atoms with van der Waals surface area (Å²) in [5.41, 5.74) is -0.373. The highest BCUT2D eigenvalue weighted by Crippen LogP contribution is 2.28. The van der Waals surface area contributed by atoms with Crippen LogP contribution in [0.4, 0.5) is 5.69 Å². The Kier molecular flexibility index (Phi) is 3.89. The molecule has 0 aliphatic rings. The summed E-state index contributed by atoms with van der Waals surface area (Å²) in [6, 6.07) is 4.06. The molecule has 0 bridgehead atoms. The van der Waals surface area contributed by atoms with Crippen LogP contribution < -0.4 is 4.74 Å². The number of aromatic carboxylic acids is 1. The number of nitrogens with zero attached hydrogens (tertiary/aromatic N) is 3. The second-order valence-electron chi connectivity index (χ2n) is 3.55. The Balaban J connectivity index is 2.25. The van der Waals surface area contributed by atoms with Crippen molar-refractivity contribution in [3.8, 4) is 11.6 Å². The van der Waals surface area contributed by atoms with Crippen LogP contribution in [0.1, 0.15) is 10.5 Å². The fourth-order valence-corrected chi connectivity index (χ4v) is 1.77. The molecule has 2 aromatic rings. The summed E-state index contributed by atoms with van der Waals surface area (Å²) in [6.07, 6.45) is 2.15. The molecule has 9 heteroatoms. The summed E-state index contributed by atoms with van der Waals surface area (Å²) in [5.74, 6) is -0.993. The van der Waals surface area contributed by atoms with Crippen LogP contribution in [0.15, 0.2) is 35.1 Å². The molecule has 8 nitrogen and oxygen atoms in total. The van der Waals surface area contributed by atoms with Crippen molar-refractivity contribution in [1.29, 1.82) is 0 Å². The van der Waals surface area contributed by atoms with E-state index in [9.17, 15) is 14.9 Å². The first-order valence-electron chi connectivity index (χ1n) is 5.14. The number of aromatic nitrogens is 2. The molecular formula is C11H6BrN3O5. The fraction of sp³-hybridized carbons (Fsp3) is 0. The lowest BCUT2D eigenvalue weighted by molar-refractivity contribution is -0.385. The van der Waals surface area contributed by atoms with Gasteiger partial charge in [0.15, 0.2) is 5.69 Å². The lowest BCUT2D eigenvalue weighted by atomic mass is 10.3. The highest BCUT2D eigenvalue weighted by atomic mass is 79.9. The SMILES string of the molecule is O=C(O)c1cnc(Oc2cc(Br)cc([N+](=O)[O-])c2)cn1. The van der Waals surface area contributed by atoms with E-state index in [0.29, 0.717) is 4.47 Å². The predicted molar refractivity (Wildman–Crippen MR) is 69.9 cm³/mol. The van der Waals surface area contributed by atoms with E-state index in [-0.39, 0.29) is 23.0 Å². The number of carbonyl (C=O) groups is 1. The number of halogens is 1. The molecule has 20 heavy (non-hydrogen) atoms. The fourth-order valence-electron chi connectivity index (χ4n) is 1.31. The molecule has 0 saturated heterocycles. The smallest absolute Gasteiger partial charge is 0.356 e. The van der Waals surface area contributed by atoms with E-state index >= 15 is 0 Å². The van der Waals surface area contributed by atoms with Gasteiger partial charge in [0.05, 0.1) is 23.4 Å². The number of nitro groups is 1. The topological polar surface area (TPSA) is 115 Å². The molecule has 0 saturated carbocycles. The molecule has 0 amide bonds. The Morgan fingerprint density at radius 1 is 1.30 bits per heavy atom. The van der Waals surface area contributed by atoms with Crippen LogP contribution in [0.25, 0.3) is 0 Å². The van der Waals surface area contributed by atoms with E-state index in [1.165, 1.54) is 18.2 Å². The van der Waals surface area contributed by atoms with Crippen molar-refractivity contribution in [3.05, 3.63) is 50.9 Å². The molecule has 1 N–H and O–H groups in total. The normalized spacial score (nSPS) is 10.1. The summed E-state index contributed by atoms with van der Waals surface area (Å²) >= 11 is 3.13. The molecule has 0 aliphatic heterocycles. The first-order chi connectivity index (χ1) is 9.45. The first kappa shape index (κ1) is 13.9. The number of hydrogen-bond donors (Lipinski definition) is 1. The van der Waals surface area contributed by atoms with E-state index in [1.54, 1.807) is 0 Å². The maximum absolute atomic E-state index is 10.7. The third kappa shape index (κ3) is 3.26. The first-order valence-corrected chi connectivity index (χ1v) is 5.93. The van der Waals surface area contributed by atoms with Crippen LogP contribution in [0.5, 0.6) is 11.6 Å². The molecule has 0 spiro atoms. The van der Waals surface area contributed by atoms with Crippen molar-refractivity contribution in [2.75, 3.05) is 0 Å². The summed E-state index contributed by atoms with van der Waals surface area (Å²) in [6.45, 7) is 0. The van der Waals surface area contributed by atoms with Crippen molar-refractivity contribution in [3.63, 3.8) is 0 Å². The van der Waals surface area contributed by atoms with E-state index < -0.39 is 10.9 Å². The largest absolute Gasteiger partial charge is 0.476 e. The Bertz CT molecular complexity index is 674. The maximum atomic E-state index is 10.7. The molecule has 0 unspecified atom stereocenters. The zero-order valence-corrected chi connectivity index (χ0v) is 11.3. The van der Waals surface area contributed by atoms with Crippen molar-refractivity contribution < 1.29 is 19.6 Å². The molecule has 2 rings (SSSR count). The quantitative estimate of drug-likeness (QED) is 0.672. The lowest BCUT2D eigenvalue weighted by Gasteiger charge is -2.04. The summed E-state index contributed by atoms with van der Waals surface area (Å²) in [4.78, 5) is 28.1. The van der Waals surface area contributed by atoms with Crippen LogP contribution >= 0.6 is 15.9 Å². The predicted octanol–water partition coefficient (Wildman–Crippen LogP) is 2.64. The molecule has 0 atom stereocenters. The molecule has 1 aromatic carbocycles. The minimum Gasteiger partial charge on any atom is -0.476 e. The zero-order chi connectivity index (χ0) is 14.7. The van der Waals surface area contributed by atoms with Crippen LogP contribution in [-0.4, -0.2) is 26.0 Å². The Morgan fingerprint density at radius 2 is 2.05 bits per heavy atom. The van der Waals surface area contributed by atoms with Gasteiger partial charge in [0, 0.05) is 10.5 Å². The molecule has 0 radical (unpaired) electrons. The average molecular weight is 340 g/mol. The monoisotopic (exact) mass is 339 g/mol. The van der Waals surface area contributed by atoms with Crippen LogP contribution in [-0.2, 0) is 0 Å². The number of carboxylic acids is 1. The number of ether oxygens (including phenoxy) is 1. The molecular weight excluding hydrogens is 334 g/mol. The molecule has 0 fully saturated rings. The number of hydrogen-bond acceptors (Lipinski definition) is 6. The average Bonchev–Trinajstić information content (AvgIpc) is 2.38. The molecule has 1 heterocycles. The highest BCUT2D eigenvalue weighted by Gasteiger charge is 2.11. The molecule has 102 valence electrons. The molecule has 0 aliphatic carbocycles. The summed E-state index contributed by atoms with van der Waals surface area (Å²) in [7, 11) is 0.